The first-order valence-corrected chi connectivity index (χ1v) is 10.4. The molecule has 5 heteroatoms. The second-order valence-corrected chi connectivity index (χ2v) is 8.16. The molecular weight excluding hydrogens is 336 g/mol. The minimum Gasteiger partial charge on any atom is -0.396 e. The molecule has 1 N–H and O–H groups in total. The fourth-order valence-electron chi connectivity index (χ4n) is 4.92. The minimum atomic E-state index is 0.282. The number of rotatable bonds is 6. The van der Waals surface area contributed by atoms with E-state index in [1.807, 2.05) is 23.1 Å². The summed E-state index contributed by atoms with van der Waals surface area (Å²) in [5.74, 6) is 0. The fourth-order valence-corrected chi connectivity index (χ4v) is 4.92. The predicted molar refractivity (Wildman–Crippen MR) is 108 cm³/mol. The Balaban J connectivity index is 1.49. The van der Waals surface area contributed by atoms with Crippen molar-refractivity contribution in [2.75, 3.05) is 26.2 Å². The number of benzene rings is 1. The van der Waals surface area contributed by atoms with Gasteiger partial charge in [0.15, 0.2) is 0 Å². The largest absolute Gasteiger partial charge is 0.396 e. The average Bonchev–Trinajstić information content (AvgIpc) is 3.37. The first-order chi connectivity index (χ1) is 13.2. The molecule has 1 atom stereocenters. The van der Waals surface area contributed by atoms with E-state index in [9.17, 15) is 5.11 Å². The maximum absolute atomic E-state index is 9.60. The van der Waals surface area contributed by atoms with E-state index in [1.54, 1.807) is 0 Å². The van der Waals surface area contributed by atoms with Crippen molar-refractivity contribution >= 4 is 0 Å². The Bertz CT molecular complexity index is 724. The van der Waals surface area contributed by atoms with Gasteiger partial charge in [0, 0.05) is 57.3 Å². The molecule has 1 saturated heterocycles. The highest BCUT2D eigenvalue weighted by atomic mass is 16.3. The summed E-state index contributed by atoms with van der Waals surface area (Å²) in [6, 6.07) is 9.82. The summed E-state index contributed by atoms with van der Waals surface area (Å²) >= 11 is 0. The van der Waals surface area contributed by atoms with Crippen LogP contribution in [0.25, 0.3) is 5.69 Å². The van der Waals surface area contributed by atoms with E-state index in [-0.39, 0.29) is 6.61 Å². The molecule has 4 rings (SSSR count). The number of hydrogen-bond acceptors (Lipinski definition) is 4. The number of aliphatic hydroxyl groups is 1. The van der Waals surface area contributed by atoms with E-state index >= 15 is 0 Å². The molecule has 5 nitrogen and oxygen atoms in total. The zero-order valence-corrected chi connectivity index (χ0v) is 16.4. The van der Waals surface area contributed by atoms with Crippen LogP contribution in [0.4, 0.5) is 0 Å². The van der Waals surface area contributed by atoms with Gasteiger partial charge in [0.05, 0.1) is 5.69 Å². The van der Waals surface area contributed by atoms with Gasteiger partial charge >= 0.3 is 0 Å². The van der Waals surface area contributed by atoms with E-state index in [2.05, 4.69) is 40.0 Å². The normalized spacial score (nSPS) is 22.5. The maximum Gasteiger partial charge on any atom is 0.0690 e. The molecule has 1 unspecified atom stereocenters. The number of aliphatic hydroxyl groups excluding tert-OH is 1. The Labute approximate surface area is 162 Å². The van der Waals surface area contributed by atoms with Gasteiger partial charge in [-0.2, -0.15) is 5.10 Å². The monoisotopic (exact) mass is 368 g/mol. The molecule has 1 saturated carbocycles. The summed E-state index contributed by atoms with van der Waals surface area (Å²) in [6.07, 6.45) is 10.1. The molecule has 1 aliphatic carbocycles. The molecule has 2 heterocycles. The smallest absolute Gasteiger partial charge is 0.0690 e. The van der Waals surface area contributed by atoms with Gasteiger partial charge in [-0.1, -0.05) is 30.5 Å². The third kappa shape index (κ3) is 4.26. The molecule has 0 radical (unpaired) electrons. The Kier molecular flexibility index (Phi) is 5.91. The van der Waals surface area contributed by atoms with Crippen LogP contribution in [0, 0.1) is 6.92 Å². The van der Waals surface area contributed by atoms with Gasteiger partial charge in [-0.05, 0) is 43.9 Å². The molecule has 2 fully saturated rings. The Hall–Kier alpha value is -1.69. The highest BCUT2D eigenvalue weighted by molar-refractivity contribution is 5.42. The molecule has 2 aromatic rings. The van der Waals surface area contributed by atoms with Crippen LogP contribution < -0.4 is 0 Å². The van der Waals surface area contributed by atoms with Crippen molar-refractivity contribution in [3.05, 3.63) is 47.8 Å². The molecular formula is C22H32N4O. The lowest BCUT2D eigenvalue weighted by Crippen LogP contribution is -2.56. The van der Waals surface area contributed by atoms with Gasteiger partial charge in [-0.3, -0.25) is 9.80 Å². The van der Waals surface area contributed by atoms with Gasteiger partial charge in [-0.15, -0.1) is 0 Å². The van der Waals surface area contributed by atoms with Crippen LogP contribution in [-0.4, -0.2) is 63.0 Å². The Morgan fingerprint density at radius 2 is 2.04 bits per heavy atom. The minimum absolute atomic E-state index is 0.282. The summed E-state index contributed by atoms with van der Waals surface area (Å²) in [7, 11) is 0. The van der Waals surface area contributed by atoms with Crippen LogP contribution >= 0.6 is 0 Å². The zero-order chi connectivity index (χ0) is 18.6. The van der Waals surface area contributed by atoms with Crippen molar-refractivity contribution in [2.24, 2.45) is 0 Å². The molecule has 0 spiro atoms. The second kappa shape index (κ2) is 8.55. The number of piperazine rings is 1. The molecule has 1 aromatic carbocycles. The summed E-state index contributed by atoms with van der Waals surface area (Å²) in [6.45, 7) is 6.65. The molecule has 0 amide bonds. The lowest BCUT2D eigenvalue weighted by Gasteiger charge is -2.44. The van der Waals surface area contributed by atoms with E-state index < -0.39 is 0 Å². The van der Waals surface area contributed by atoms with E-state index in [0.29, 0.717) is 6.04 Å². The standard InChI is InChI=1S/C22H32N4O/c1-18-7-8-22(26-11-4-10-23-26)19(15-18)16-24-12-13-25(20-5-2-3-6-20)21(17-24)9-14-27/h4,7-8,10-11,15,20-21,27H,2-3,5-6,9,12-14,16-17H2,1H3. The molecule has 0 bridgehead atoms. The SMILES string of the molecule is Cc1ccc(-n2cccn2)c(CN2CCN(C3CCCC3)C(CCO)C2)c1. The van der Waals surface area contributed by atoms with Crippen LogP contribution in [0.5, 0.6) is 0 Å². The van der Waals surface area contributed by atoms with Crippen molar-refractivity contribution in [1.82, 2.24) is 19.6 Å². The number of aromatic nitrogens is 2. The molecule has 27 heavy (non-hydrogen) atoms. The molecule has 1 aliphatic heterocycles. The lowest BCUT2D eigenvalue weighted by molar-refractivity contribution is 0.0267. The lowest BCUT2D eigenvalue weighted by atomic mass is 10.0. The van der Waals surface area contributed by atoms with Gasteiger partial charge in [0.2, 0.25) is 0 Å². The van der Waals surface area contributed by atoms with E-state index in [0.717, 1.165) is 38.6 Å². The third-order valence-electron chi connectivity index (χ3n) is 6.25. The van der Waals surface area contributed by atoms with E-state index in [4.69, 9.17) is 0 Å². The van der Waals surface area contributed by atoms with Crippen LogP contribution in [0.2, 0.25) is 0 Å². The predicted octanol–water partition coefficient (Wildman–Crippen LogP) is 2.99. The summed E-state index contributed by atoms with van der Waals surface area (Å²) in [5, 5.41) is 14.0. The first kappa shape index (κ1) is 18.7. The summed E-state index contributed by atoms with van der Waals surface area (Å²) in [4.78, 5) is 5.26. The van der Waals surface area contributed by atoms with E-state index in [1.165, 1.54) is 42.5 Å². The van der Waals surface area contributed by atoms with Crippen LogP contribution in [0.3, 0.4) is 0 Å². The summed E-state index contributed by atoms with van der Waals surface area (Å²) in [5.41, 5.74) is 3.79. The molecule has 2 aliphatic rings. The Morgan fingerprint density at radius 1 is 1.19 bits per heavy atom. The third-order valence-corrected chi connectivity index (χ3v) is 6.25. The highest BCUT2D eigenvalue weighted by Crippen LogP contribution is 2.29. The van der Waals surface area contributed by atoms with Crippen molar-refractivity contribution in [3.8, 4) is 5.69 Å². The van der Waals surface area contributed by atoms with Crippen LogP contribution in [0.15, 0.2) is 36.7 Å². The number of nitrogens with zero attached hydrogens (tertiary/aromatic N) is 4. The van der Waals surface area contributed by atoms with Crippen molar-refractivity contribution in [1.29, 1.82) is 0 Å². The molecule has 146 valence electrons. The maximum atomic E-state index is 9.60. The number of hydrogen-bond donors (Lipinski definition) is 1. The first-order valence-electron chi connectivity index (χ1n) is 10.4. The van der Waals surface area contributed by atoms with Gasteiger partial charge in [0.1, 0.15) is 0 Å². The fraction of sp³-hybridized carbons (Fsp3) is 0.591. The second-order valence-electron chi connectivity index (χ2n) is 8.16. The van der Waals surface area contributed by atoms with Gasteiger partial charge in [-0.25, -0.2) is 4.68 Å². The number of aryl methyl sites for hydroxylation is 1. The van der Waals surface area contributed by atoms with Crippen molar-refractivity contribution < 1.29 is 5.11 Å². The van der Waals surface area contributed by atoms with Crippen LogP contribution in [0.1, 0.15) is 43.2 Å². The zero-order valence-electron chi connectivity index (χ0n) is 16.4. The van der Waals surface area contributed by atoms with Crippen molar-refractivity contribution in [2.45, 2.75) is 57.7 Å². The quantitative estimate of drug-likeness (QED) is 0.851. The van der Waals surface area contributed by atoms with Gasteiger partial charge in [0.25, 0.3) is 0 Å². The topological polar surface area (TPSA) is 44.5 Å². The van der Waals surface area contributed by atoms with Crippen molar-refractivity contribution in [3.63, 3.8) is 0 Å². The summed E-state index contributed by atoms with van der Waals surface area (Å²) < 4.78 is 1.97. The van der Waals surface area contributed by atoms with Gasteiger partial charge < -0.3 is 5.11 Å². The van der Waals surface area contributed by atoms with Crippen LogP contribution in [-0.2, 0) is 6.54 Å². The highest BCUT2D eigenvalue weighted by Gasteiger charge is 2.33. The average molecular weight is 369 g/mol. The molecule has 1 aromatic heterocycles. The Morgan fingerprint density at radius 3 is 2.78 bits per heavy atom.